The van der Waals surface area contributed by atoms with E-state index in [1.54, 1.807) is 19.2 Å². The molecule has 0 aliphatic heterocycles. The first-order valence-corrected chi connectivity index (χ1v) is 9.44. The van der Waals surface area contributed by atoms with E-state index in [1.807, 2.05) is 20.8 Å². The van der Waals surface area contributed by atoms with E-state index in [4.69, 9.17) is 0 Å². The highest BCUT2D eigenvalue weighted by Crippen LogP contribution is 2.18. The number of halogens is 3. The first-order chi connectivity index (χ1) is 12.0. The number of hydrogen-bond acceptors (Lipinski definition) is 3. The number of nitrogens with zero attached hydrogens (tertiary/aromatic N) is 1. The van der Waals surface area contributed by atoms with E-state index in [9.17, 15) is 17.4 Å². The van der Waals surface area contributed by atoms with E-state index in [0.29, 0.717) is 24.8 Å². The minimum Gasteiger partial charge on any atom is -0.484 e. The summed E-state index contributed by atoms with van der Waals surface area (Å²) in [6.07, 6.45) is -4.35. The average molecular weight is 393 g/mol. The van der Waals surface area contributed by atoms with Gasteiger partial charge < -0.3 is 15.4 Å². The molecule has 2 N–H and O–H groups in total. The smallest absolute Gasteiger partial charge is 0.422 e. The molecule has 148 valence electrons. The highest BCUT2D eigenvalue weighted by atomic mass is 32.2. The van der Waals surface area contributed by atoms with Gasteiger partial charge in [0.25, 0.3) is 0 Å². The summed E-state index contributed by atoms with van der Waals surface area (Å²) < 4.78 is 52.7. The molecule has 1 aromatic carbocycles. The standard InChI is InChI=1S/C17H26F3N3O2S/c1-16(2,3)26(24)10-9-22-15(21-4)23-11-13-5-7-14(8-6-13)25-12-17(18,19)20/h5-8H,9-12H2,1-4H3,(H2,21,22,23). The number of hydrogen-bond donors (Lipinski definition) is 2. The lowest BCUT2D eigenvalue weighted by atomic mass is 10.2. The van der Waals surface area contributed by atoms with Crippen LogP contribution in [0.15, 0.2) is 29.3 Å². The summed E-state index contributed by atoms with van der Waals surface area (Å²) in [5, 5.41) is 6.18. The van der Waals surface area contributed by atoms with E-state index >= 15 is 0 Å². The Bertz CT molecular complexity index is 611. The van der Waals surface area contributed by atoms with Gasteiger partial charge >= 0.3 is 6.18 Å². The van der Waals surface area contributed by atoms with Gasteiger partial charge in [-0.2, -0.15) is 13.2 Å². The Morgan fingerprint density at radius 1 is 1.15 bits per heavy atom. The van der Waals surface area contributed by atoms with E-state index in [2.05, 4.69) is 20.4 Å². The van der Waals surface area contributed by atoms with Crippen molar-refractivity contribution in [2.45, 2.75) is 38.2 Å². The van der Waals surface area contributed by atoms with Gasteiger partial charge in [-0.15, -0.1) is 0 Å². The Balaban J connectivity index is 2.40. The second-order valence-electron chi connectivity index (χ2n) is 6.56. The molecule has 0 aromatic heterocycles. The van der Waals surface area contributed by atoms with Crippen LogP contribution in [0.4, 0.5) is 13.2 Å². The van der Waals surface area contributed by atoms with Gasteiger partial charge in [0.05, 0.1) is 0 Å². The van der Waals surface area contributed by atoms with Gasteiger partial charge in [-0.05, 0) is 38.5 Å². The normalized spacial score (nSPS) is 14.0. The Kier molecular flexibility index (Phi) is 8.39. The van der Waals surface area contributed by atoms with E-state index < -0.39 is 23.6 Å². The van der Waals surface area contributed by atoms with Crippen molar-refractivity contribution in [2.75, 3.05) is 26.0 Å². The lowest BCUT2D eigenvalue weighted by Crippen LogP contribution is -2.40. The van der Waals surface area contributed by atoms with Crippen LogP contribution in [0.3, 0.4) is 0 Å². The Hall–Kier alpha value is -1.77. The SMILES string of the molecule is CN=C(NCCS(=O)C(C)(C)C)NCc1ccc(OCC(F)(F)F)cc1. The summed E-state index contributed by atoms with van der Waals surface area (Å²) in [6, 6.07) is 6.35. The molecule has 0 amide bonds. The van der Waals surface area contributed by atoms with Crippen molar-refractivity contribution in [3.8, 4) is 5.75 Å². The molecule has 0 saturated heterocycles. The van der Waals surface area contributed by atoms with Crippen LogP contribution in [-0.4, -0.2) is 47.0 Å². The largest absolute Gasteiger partial charge is 0.484 e. The van der Waals surface area contributed by atoms with E-state index in [-0.39, 0.29) is 10.5 Å². The molecular weight excluding hydrogens is 367 g/mol. The Labute approximate surface area is 154 Å². The van der Waals surface area contributed by atoms with Crippen LogP contribution in [0, 0.1) is 0 Å². The molecule has 1 unspecified atom stereocenters. The molecule has 26 heavy (non-hydrogen) atoms. The third-order valence-electron chi connectivity index (χ3n) is 3.27. The van der Waals surface area contributed by atoms with Gasteiger partial charge in [0, 0.05) is 41.4 Å². The summed E-state index contributed by atoms with van der Waals surface area (Å²) in [7, 11) is 0.683. The predicted molar refractivity (Wildman–Crippen MR) is 99.0 cm³/mol. The third kappa shape index (κ3) is 9.07. The van der Waals surface area contributed by atoms with Crippen molar-refractivity contribution in [3.63, 3.8) is 0 Å². The molecule has 9 heteroatoms. The predicted octanol–water partition coefficient (Wildman–Crippen LogP) is 2.84. The van der Waals surface area contributed by atoms with Gasteiger partial charge in [-0.25, -0.2) is 0 Å². The minimum absolute atomic E-state index is 0.165. The van der Waals surface area contributed by atoms with Gasteiger partial charge in [-0.3, -0.25) is 9.20 Å². The number of rotatable bonds is 7. The number of aliphatic imine (C=N–C) groups is 1. The molecule has 0 fully saturated rings. The van der Waals surface area contributed by atoms with Crippen molar-refractivity contribution in [1.29, 1.82) is 0 Å². The van der Waals surface area contributed by atoms with Crippen molar-refractivity contribution in [2.24, 2.45) is 4.99 Å². The van der Waals surface area contributed by atoms with Gasteiger partial charge in [0.1, 0.15) is 5.75 Å². The molecule has 0 radical (unpaired) electrons. The highest BCUT2D eigenvalue weighted by molar-refractivity contribution is 7.86. The molecule has 5 nitrogen and oxygen atoms in total. The zero-order chi connectivity index (χ0) is 19.8. The average Bonchev–Trinajstić information content (AvgIpc) is 2.55. The fourth-order valence-corrected chi connectivity index (χ4v) is 2.74. The molecule has 0 saturated carbocycles. The number of ether oxygens (including phenoxy) is 1. The van der Waals surface area contributed by atoms with Crippen LogP contribution < -0.4 is 15.4 Å². The number of nitrogens with one attached hydrogen (secondary N) is 2. The zero-order valence-corrected chi connectivity index (χ0v) is 16.3. The second kappa shape index (κ2) is 9.80. The van der Waals surface area contributed by atoms with E-state index in [1.165, 1.54) is 12.1 Å². The Morgan fingerprint density at radius 3 is 2.27 bits per heavy atom. The summed E-state index contributed by atoms with van der Waals surface area (Å²) >= 11 is 0. The lowest BCUT2D eigenvalue weighted by Gasteiger charge is -2.18. The van der Waals surface area contributed by atoms with Crippen molar-refractivity contribution in [3.05, 3.63) is 29.8 Å². The zero-order valence-electron chi connectivity index (χ0n) is 15.4. The van der Waals surface area contributed by atoms with Crippen molar-refractivity contribution in [1.82, 2.24) is 10.6 Å². The van der Waals surface area contributed by atoms with Crippen LogP contribution in [0.25, 0.3) is 0 Å². The molecule has 0 spiro atoms. The number of guanidine groups is 1. The van der Waals surface area contributed by atoms with Crippen LogP contribution in [0.2, 0.25) is 0 Å². The summed E-state index contributed by atoms with van der Waals surface area (Å²) in [5.74, 6) is 1.24. The first kappa shape index (κ1) is 22.3. The molecule has 0 heterocycles. The lowest BCUT2D eigenvalue weighted by molar-refractivity contribution is -0.153. The van der Waals surface area contributed by atoms with Gasteiger partial charge in [0.15, 0.2) is 12.6 Å². The second-order valence-corrected chi connectivity index (χ2v) is 8.89. The van der Waals surface area contributed by atoms with Crippen LogP contribution in [0.5, 0.6) is 5.75 Å². The monoisotopic (exact) mass is 393 g/mol. The maximum atomic E-state index is 12.1. The highest BCUT2D eigenvalue weighted by Gasteiger charge is 2.28. The molecule has 0 bridgehead atoms. The fourth-order valence-electron chi connectivity index (χ4n) is 1.84. The molecule has 0 aliphatic rings. The Morgan fingerprint density at radius 2 is 1.77 bits per heavy atom. The summed E-state index contributed by atoms with van der Waals surface area (Å²) in [6.45, 7) is 5.45. The first-order valence-electron chi connectivity index (χ1n) is 8.13. The topological polar surface area (TPSA) is 62.7 Å². The van der Waals surface area contributed by atoms with Crippen LogP contribution in [-0.2, 0) is 17.3 Å². The maximum absolute atomic E-state index is 12.1. The summed E-state index contributed by atoms with van der Waals surface area (Å²) in [5.41, 5.74) is 0.866. The van der Waals surface area contributed by atoms with Gasteiger partial charge in [0.2, 0.25) is 0 Å². The number of benzene rings is 1. The van der Waals surface area contributed by atoms with E-state index in [0.717, 1.165) is 5.56 Å². The number of alkyl halides is 3. The molecule has 1 aromatic rings. The molecular formula is C17H26F3N3O2S. The van der Waals surface area contributed by atoms with Gasteiger partial charge in [-0.1, -0.05) is 12.1 Å². The molecule has 1 atom stereocenters. The molecule has 1 rings (SSSR count). The molecule has 0 aliphatic carbocycles. The summed E-state index contributed by atoms with van der Waals surface area (Å²) in [4.78, 5) is 4.08. The van der Waals surface area contributed by atoms with Crippen molar-refractivity contribution >= 4 is 16.8 Å². The van der Waals surface area contributed by atoms with Crippen LogP contribution >= 0.6 is 0 Å². The van der Waals surface area contributed by atoms with Crippen molar-refractivity contribution < 1.29 is 22.1 Å². The maximum Gasteiger partial charge on any atom is 0.422 e. The third-order valence-corrected chi connectivity index (χ3v) is 5.21. The quantitative estimate of drug-likeness (QED) is 0.552. The minimum atomic E-state index is -4.35. The van der Waals surface area contributed by atoms with Crippen LogP contribution in [0.1, 0.15) is 26.3 Å². The fraction of sp³-hybridized carbons (Fsp3) is 0.588.